The summed E-state index contributed by atoms with van der Waals surface area (Å²) in [4.78, 5) is 15.6. The highest BCUT2D eigenvalue weighted by Crippen LogP contribution is 2.37. The van der Waals surface area contributed by atoms with Crippen LogP contribution in [0.25, 0.3) is 0 Å². The number of fused-ring (bicyclic) bond motifs is 2. The lowest BCUT2D eigenvalue weighted by Gasteiger charge is -2.34. The molecule has 5 heteroatoms. The van der Waals surface area contributed by atoms with Gasteiger partial charge in [-0.05, 0) is 39.4 Å². The van der Waals surface area contributed by atoms with Crippen molar-refractivity contribution in [1.82, 2.24) is 4.90 Å². The summed E-state index contributed by atoms with van der Waals surface area (Å²) >= 11 is 0. The van der Waals surface area contributed by atoms with Gasteiger partial charge in [0.1, 0.15) is 5.75 Å². The number of piperazine rings is 1. The molecule has 2 aliphatic rings. The van der Waals surface area contributed by atoms with Gasteiger partial charge in [0.2, 0.25) is 6.41 Å². The van der Waals surface area contributed by atoms with Gasteiger partial charge in [-0.25, -0.2) is 0 Å². The number of benzene rings is 1. The van der Waals surface area contributed by atoms with E-state index < -0.39 is 0 Å². The number of likely N-dealkylation sites (tertiary alicyclic amines) is 1. The first-order valence-electron chi connectivity index (χ1n) is 7.56. The molecule has 5 nitrogen and oxygen atoms in total. The monoisotopic (exact) mass is 289 g/mol. The van der Waals surface area contributed by atoms with E-state index in [1.807, 2.05) is 26.0 Å². The summed E-state index contributed by atoms with van der Waals surface area (Å²) in [6.07, 6.45) is 2.01. The minimum absolute atomic E-state index is 0.0774. The normalized spacial score (nSPS) is 24.7. The Labute approximate surface area is 125 Å². The van der Waals surface area contributed by atoms with Crippen LogP contribution in [0.2, 0.25) is 0 Å². The molecule has 1 aromatic carbocycles. The van der Waals surface area contributed by atoms with E-state index >= 15 is 0 Å². The molecule has 0 saturated carbocycles. The Morgan fingerprint density at radius 3 is 2.71 bits per heavy atom. The number of carbonyl (C=O) groups is 1. The molecule has 2 fully saturated rings. The van der Waals surface area contributed by atoms with Gasteiger partial charge in [-0.1, -0.05) is 0 Å². The maximum absolute atomic E-state index is 10.7. The third kappa shape index (κ3) is 2.70. The number of ether oxygens (including phenoxy) is 1. The quantitative estimate of drug-likeness (QED) is 0.841. The number of hydrogen-bond acceptors (Lipinski definition) is 4. The van der Waals surface area contributed by atoms with E-state index in [-0.39, 0.29) is 6.10 Å². The van der Waals surface area contributed by atoms with Crippen molar-refractivity contribution in [2.75, 3.05) is 30.4 Å². The van der Waals surface area contributed by atoms with Crippen molar-refractivity contribution in [3.8, 4) is 5.75 Å². The Hall–Kier alpha value is -1.75. The van der Waals surface area contributed by atoms with Gasteiger partial charge in [0.15, 0.2) is 0 Å². The molecule has 0 aromatic heterocycles. The molecule has 3 rings (SSSR count). The molecule has 2 heterocycles. The van der Waals surface area contributed by atoms with Crippen molar-refractivity contribution in [1.29, 1.82) is 0 Å². The summed E-state index contributed by atoms with van der Waals surface area (Å²) in [7, 11) is 2.20. The first-order chi connectivity index (χ1) is 10.1. The topological polar surface area (TPSA) is 44.8 Å². The summed E-state index contributed by atoms with van der Waals surface area (Å²) < 4.78 is 5.84. The zero-order valence-electron chi connectivity index (χ0n) is 12.9. The molecule has 2 atom stereocenters. The van der Waals surface area contributed by atoms with Crippen LogP contribution in [0.15, 0.2) is 18.2 Å². The molecule has 2 aliphatic heterocycles. The molecule has 0 aliphatic carbocycles. The first-order valence-corrected chi connectivity index (χ1v) is 7.56. The smallest absolute Gasteiger partial charge is 0.211 e. The van der Waals surface area contributed by atoms with Gasteiger partial charge >= 0.3 is 0 Å². The number of likely N-dealkylation sites (N-methyl/N-ethyl adjacent to an activating group) is 1. The number of carbonyl (C=O) groups excluding carboxylic acids is 1. The third-order valence-electron chi connectivity index (χ3n) is 4.39. The SMILES string of the molecule is CC(C)Oc1cc(N2C[C@@H]3C[C@H]2CN3C)ccc1NC=O. The van der Waals surface area contributed by atoms with Crippen molar-refractivity contribution in [2.45, 2.75) is 38.5 Å². The molecular formula is C16H23N3O2. The molecule has 2 saturated heterocycles. The summed E-state index contributed by atoms with van der Waals surface area (Å²) in [5.41, 5.74) is 1.91. The number of hydrogen-bond donors (Lipinski definition) is 1. The fourth-order valence-corrected chi connectivity index (χ4v) is 3.41. The predicted molar refractivity (Wildman–Crippen MR) is 84.1 cm³/mol. The van der Waals surface area contributed by atoms with Crippen LogP contribution in [0.3, 0.4) is 0 Å². The summed E-state index contributed by atoms with van der Waals surface area (Å²) in [6, 6.07) is 7.30. The minimum atomic E-state index is 0.0774. The number of rotatable bonds is 5. The van der Waals surface area contributed by atoms with Crippen LogP contribution in [0.1, 0.15) is 20.3 Å². The second-order valence-corrected chi connectivity index (χ2v) is 6.24. The highest BCUT2D eigenvalue weighted by Gasteiger charge is 2.41. The van der Waals surface area contributed by atoms with E-state index in [0.29, 0.717) is 18.5 Å². The van der Waals surface area contributed by atoms with Gasteiger partial charge in [0.05, 0.1) is 11.8 Å². The van der Waals surface area contributed by atoms with Crippen molar-refractivity contribution in [3.63, 3.8) is 0 Å². The highest BCUT2D eigenvalue weighted by molar-refractivity contribution is 5.77. The molecule has 21 heavy (non-hydrogen) atoms. The molecule has 2 bridgehead atoms. The molecule has 114 valence electrons. The largest absolute Gasteiger partial charge is 0.489 e. The van der Waals surface area contributed by atoms with Crippen LogP contribution in [0, 0.1) is 0 Å². The standard InChI is InChI=1S/C16H23N3O2/c1-11(2)21-16-7-12(4-5-15(16)17-10-20)19-9-13-6-14(19)8-18(13)3/h4-5,7,10-11,13-14H,6,8-9H2,1-3H3,(H,17,20)/t13-,14-/m0/s1. The Morgan fingerprint density at radius 1 is 1.33 bits per heavy atom. The van der Waals surface area contributed by atoms with Crippen LogP contribution in [0.4, 0.5) is 11.4 Å². The maximum atomic E-state index is 10.7. The predicted octanol–water partition coefficient (Wildman–Crippen LogP) is 1.93. The number of nitrogens with zero attached hydrogens (tertiary/aromatic N) is 2. The third-order valence-corrected chi connectivity index (χ3v) is 4.39. The van der Waals surface area contributed by atoms with Crippen LogP contribution in [-0.2, 0) is 4.79 Å². The number of amides is 1. The zero-order valence-corrected chi connectivity index (χ0v) is 12.9. The minimum Gasteiger partial charge on any atom is -0.489 e. The lowest BCUT2D eigenvalue weighted by atomic mass is 10.2. The second kappa shape index (κ2) is 5.56. The van der Waals surface area contributed by atoms with Gasteiger partial charge in [0, 0.05) is 36.9 Å². The van der Waals surface area contributed by atoms with E-state index in [9.17, 15) is 4.79 Å². The van der Waals surface area contributed by atoms with Crippen LogP contribution >= 0.6 is 0 Å². The molecular weight excluding hydrogens is 266 g/mol. The van der Waals surface area contributed by atoms with Crippen LogP contribution in [-0.4, -0.2) is 49.6 Å². The van der Waals surface area contributed by atoms with E-state index in [1.54, 1.807) is 0 Å². The average Bonchev–Trinajstić information content (AvgIpc) is 2.99. The summed E-state index contributed by atoms with van der Waals surface area (Å²) in [5.74, 6) is 0.741. The Bertz CT molecular complexity index is 530. The first kappa shape index (κ1) is 14.2. The lowest BCUT2D eigenvalue weighted by Crippen LogP contribution is -2.44. The van der Waals surface area contributed by atoms with Gasteiger partial charge in [0.25, 0.3) is 0 Å². The summed E-state index contributed by atoms with van der Waals surface area (Å²) in [6.45, 7) is 6.18. The Balaban J connectivity index is 1.85. The molecule has 0 unspecified atom stereocenters. The molecule has 0 radical (unpaired) electrons. The van der Waals surface area contributed by atoms with E-state index in [0.717, 1.165) is 24.5 Å². The van der Waals surface area contributed by atoms with E-state index in [4.69, 9.17) is 4.74 Å². The van der Waals surface area contributed by atoms with Crippen molar-refractivity contribution >= 4 is 17.8 Å². The van der Waals surface area contributed by atoms with Crippen LogP contribution < -0.4 is 15.0 Å². The van der Waals surface area contributed by atoms with Crippen molar-refractivity contribution in [2.24, 2.45) is 0 Å². The van der Waals surface area contributed by atoms with Gasteiger partial charge in [-0.15, -0.1) is 0 Å². The maximum Gasteiger partial charge on any atom is 0.211 e. The second-order valence-electron chi connectivity index (χ2n) is 6.24. The van der Waals surface area contributed by atoms with Crippen molar-refractivity contribution in [3.05, 3.63) is 18.2 Å². The fourth-order valence-electron chi connectivity index (χ4n) is 3.41. The summed E-state index contributed by atoms with van der Waals surface area (Å²) in [5, 5.41) is 2.71. The Kier molecular flexibility index (Phi) is 3.76. The van der Waals surface area contributed by atoms with E-state index in [2.05, 4.69) is 28.2 Å². The average molecular weight is 289 g/mol. The van der Waals surface area contributed by atoms with Crippen LogP contribution in [0.5, 0.6) is 5.75 Å². The number of anilines is 2. The highest BCUT2D eigenvalue weighted by atomic mass is 16.5. The number of nitrogens with one attached hydrogen (secondary N) is 1. The van der Waals surface area contributed by atoms with E-state index in [1.165, 1.54) is 12.1 Å². The van der Waals surface area contributed by atoms with Gasteiger partial charge < -0.3 is 15.0 Å². The Morgan fingerprint density at radius 2 is 2.14 bits per heavy atom. The molecule has 1 amide bonds. The molecule has 0 spiro atoms. The molecule has 1 aromatic rings. The van der Waals surface area contributed by atoms with Gasteiger partial charge in [-0.2, -0.15) is 0 Å². The lowest BCUT2D eigenvalue weighted by molar-refractivity contribution is -0.105. The van der Waals surface area contributed by atoms with Gasteiger partial charge in [-0.3, -0.25) is 9.69 Å². The van der Waals surface area contributed by atoms with Crippen molar-refractivity contribution < 1.29 is 9.53 Å². The zero-order chi connectivity index (χ0) is 15.0. The molecule has 1 N–H and O–H groups in total. The fraction of sp³-hybridized carbons (Fsp3) is 0.562.